The molecule has 1 amide bonds. The van der Waals surface area contributed by atoms with Gasteiger partial charge in [0.15, 0.2) is 5.82 Å². The lowest BCUT2D eigenvalue weighted by atomic mass is 9.87. The van der Waals surface area contributed by atoms with E-state index in [9.17, 15) is 9.18 Å². The number of aromatic nitrogens is 4. The van der Waals surface area contributed by atoms with Crippen molar-refractivity contribution >= 4 is 28.4 Å². The first-order valence-electron chi connectivity index (χ1n) is 14.1. The smallest absolute Gasteiger partial charge is 0.254 e. The van der Waals surface area contributed by atoms with Crippen molar-refractivity contribution in [3.63, 3.8) is 0 Å². The molecule has 1 fully saturated rings. The van der Waals surface area contributed by atoms with Crippen LogP contribution >= 0.6 is 0 Å². The fourth-order valence-electron chi connectivity index (χ4n) is 5.30. The molecule has 1 unspecified atom stereocenters. The molecule has 4 aromatic rings. The van der Waals surface area contributed by atoms with E-state index in [1.165, 1.54) is 7.05 Å². The van der Waals surface area contributed by atoms with Gasteiger partial charge in [0.05, 0.1) is 23.0 Å². The molecule has 1 aliphatic heterocycles. The molecule has 1 aromatic carbocycles. The van der Waals surface area contributed by atoms with E-state index >= 15 is 0 Å². The second-order valence-corrected chi connectivity index (χ2v) is 10.9. The summed E-state index contributed by atoms with van der Waals surface area (Å²) >= 11 is 0. The molecule has 3 N–H and O–H groups in total. The predicted octanol–water partition coefficient (Wildman–Crippen LogP) is 4.94. The number of amides is 1. The molecule has 41 heavy (non-hydrogen) atoms. The van der Waals surface area contributed by atoms with Crippen molar-refractivity contribution in [1.29, 1.82) is 0 Å². The highest BCUT2D eigenvalue weighted by atomic mass is 19.1. The third-order valence-electron chi connectivity index (χ3n) is 8.08. The monoisotopic (exact) mass is 556 g/mol. The number of para-hydroxylation sites is 1. The molecule has 9 nitrogen and oxygen atoms in total. The Morgan fingerprint density at radius 2 is 1.85 bits per heavy atom. The van der Waals surface area contributed by atoms with E-state index in [1.54, 1.807) is 12.4 Å². The number of nitrogens with zero attached hydrogens (tertiary/aromatic N) is 5. The van der Waals surface area contributed by atoms with E-state index in [0.717, 1.165) is 60.6 Å². The van der Waals surface area contributed by atoms with E-state index in [-0.39, 0.29) is 17.4 Å². The summed E-state index contributed by atoms with van der Waals surface area (Å²) < 4.78 is 14.5. The highest BCUT2D eigenvalue weighted by Crippen LogP contribution is 2.32. The van der Waals surface area contributed by atoms with Crippen molar-refractivity contribution in [3.8, 4) is 11.3 Å². The van der Waals surface area contributed by atoms with E-state index in [2.05, 4.69) is 61.7 Å². The summed E-state index contributed by atoms with van der Waals surface area (Å²) in [6.45, 7) is 7.10. The molecule has 0 aliphatic carbocycles. The fourth-order valence-corrected chi connectivity index (χ4v) is 5.30. The van der Waals surface area contributed by atoms with Crippen LogP contribution in [-0.2, 0) is 0 Å². The molecule has 1 aliphatic rings. The Morgan fingerprint density at radius 1 is 1.05 bits per heavy atom. The molecule has 2 atom stereocenters. The van der Waals surface area contributed by atoms with Gasteiger partial charge in [-0.3, -0.25) is 9.78 Å². The Hall–Kier alpha value is -4.18. The topological polar surface area (TPSA) is 108 Å². The average molecular weight is 557 g/mol. The van der Waals surface area contributed by atoms with Crippen LogP contribution in [0.2, 0.25) is 0 Å². The van der Waals surface area contributed by atoms with Crippen LogP contribution in [0.25, 0.3) is 22.2 Å². The minimum Gasteiger partial charge on any atom is -0.370 e. The van der Waals surface area contributed by atoms with E-state index in [4.69, 9.17) is 0 Å². The summed E-state index contributed by atoms with van der Waals surface area (Å²) in [5.41, 5.74) is 3.34. The van der Waals surface area contributed by atoms with Gasteiger partial charge in [0.25, 0.3) is 5.91 Å². The number of pyridine rings is 2. The number of carbonyl (C=O) groups excluding carboxylic acids is 1. The van der Waals surface area contributed by atoms with Gasteiger partial charge in [0.1, 0.15) is 18.0 Å². The van der Waals surface area contributed by atoms with Crippen LogP contribution in [0.4, 0.5) is 16.0 Å². The number of rotatable bonds is 9. The van der Waals surface area contributed by atoms with Gasteiger partial charge in [-0.05, 0) is 62.5 Å². The first-order valence-corrected chi connectivity index (χ1v) is 14.1. The number of nitrogens with one attached hydrogen (secondary N) is 3. The van der Waals surface area contributed by atoms with Crippen LogP contribution in [-0.4, -0.2) is 70.5 Å². The minimum absolute atomic E-state index is 0.0194. The van der Waals surface area contributed by atoms with Crippen LogP contribution in [0.3, 0.4) is 0 Å². The van der Waals surface area contributed by atoms with Gasteiger partial charge in [-0.1, -0.05) is 32.0 Å². The highest BCUT2D eigenvalue weighted by molar-refractivity contribution is 6.06. The van der Waals surface area contributed by atoms with Crippen molar-refractivity contribution in [2.24, 2.45) is 5.92 Å². The molecular formula is C31H37FN8O. The number of halogens is 1. The lowest BCUT2D eigenvalue weighted by Crippen LogP contribution is -2.36. The lowest BCUT2D eigenvalue weighted by Gasteiger charge is -2.29. The van der Waals surface area contributed by atoms with Gasteiger partial charge in [-0.15, -0.1) is 0 Å². The number of likely N-dealkylation sites (tertiary alicyclic amines) is 1. The molecule has 0 spiro atoms. The Bertz CT molecular complexity index is 1500. The molecule has 5 rings (SSSR count). The molecule has 0 saturated carbocycles. The standard InChI is InChI=1S/C31H37FN8O/c1-19(20(2)23-6-5-7-24-29(31(41)33-3)25(32)17-36-30(23)24)15-34-28-14-26(37-18-38-28)21-8-9-27(35-16-21)39-22-10-12-40(4)13-11-22/h5-9,14,16-20,22H,10-13,15H2,1-4H3,(H,33,41)(H,35,39)(H,34,37,38)/t19-,20?/m1/s1. The molecular weight excluding hydrogens is 519 g/mol. The van der Waals surface area contributed by atoms with Crippen molar-refractivity contribution in [3.05, 3.63) is 72.1 Å². The maximum Gasteiger partial charge on any atom is 0.254 e. The summed E-state index contributed by atoms with van der Waals surface area (Å²) in [6, 6.07) is 12.0. The Kier molecular flexibility index (Phi) is 8.68. The van der Waals surface area contributed by atoms with Gasteiger partial charge in [0.2, 0.25) is 0 Å². The van der Waals surface area contributed by atoms with Gasteiger partial charge in [0, 0.05) is 42.8 Å². The maximum atomic E-state index is 14.5. The number of carbonyl (C=O) groups is 1. The quantitative estimate of drug-likeness (QED) is 0.266. The second kappa shape index (κ2) is 12.6. The van der Waals surface area contributed by atoms with Crippen LogP contribution in [0.15, 0.2) is 55.1 Å². The zero-order chi connectivity index (χ0) is 28.9. The number of hydrogen-bond donors (Lipinski definition) is 3. The van der Waals surface area contributed by atoms with Gasteiger partial charge in [-0.2, -0.15) is 0 Å². The first kappa shape index (κ1) is 28.4. The van der Waals surface area contributed by atoms with Crippen LogP contribution in [0, 0.1) is 11.7 Å². The molecule has 4 heterocycles. The van der Waals surface area contributed by atoms with E-state index < -0.39 is 11.7 Å². The van der Waals surface area contributed by atoms with E-state index in [0.29, 0.717) is 23.5 Å². The summed E-state index contributed by atoms with van der Waals surface area (Å²) in [4.78, 5) is 32.5. The summed E-state index contributed by atoms with van der Waals surface area (Å²) in [6.07, 6.45) is 6.76. The average Bonchev–Trinajstić information content (AvgIpc) is 3.00. The van der Waals surface area contributed by atoms with Crippen LogP contribution in [0.5, 0.6) is 0 Å². The largest absolute Gasteiger partial charge is 0.370 e. The normalized spacial score (nSPS) is 15.8. The van der Waals surface area contributed by atoms with Crippen molar-refractivity contribution < 1.29 is 9.18 Å². The van der Waals surface area contributed by atoms with Crippen molar-refractivity contribution in [2.45, 2.75) is 38.6 Å². The summed E-state index contributed by atoms with van der Waals surface area (Å²) in [5.74, 6) is 0.772. The number of fused-ring (bicyclic) bond motifs is 1. The fraction of sp³-hybridized carbons (Fsp3) is 0.387. The Labute approximate surface area is 240 Å². The minimum atomic E-state index is -0.630. The third-order valence-corrected chi connectivity index (χ3v) is 8.08. The predicted molar refractivity (Wildman–Crippen MR) is 161 cm³/mol. The number of benzene rings is 1. The van der Waals surface area contributed by atoms with Gasteiger partial charge < -0.3 is 20.9 Å². The van der Waals surface area contributed by atoms with Gasteiger partial charge in [-0.25, -0.2) is 19.3 Å². The summed E-state index contributed by atoms with van der Waals surface area (Å²) in [5, 5.41) is 10.0. The molecule has 1 saturated heterocycles. The van der Waals surface area contributed by atoms with Crippen molar-refractivity contribution in [1.82, 2.24) is 30.2 Å². The molecule has 0 bridgehead atoms. The number of hydrogen-bond acceptors (Lipinski definition) is 8. The third kappa shape index (κ3) is 6.43. The zero-order valence-electron chi connectivity index (χ0n) is 24.0. The number of piperidine rings is 1. The number of anilines is 2. The van der Waals surface area contributed by atoms with Crippen LogP contribution in [0.1, 0.15) is 48.5 Å². The highest BCUT2D eigenvalue weighted by Gasteiger charge is 2.22. The summed E-state index contributed by atoms with van der Waals surface area (Å²) in [7, 11) is 3.65. The molecule has 214 valence electrons. The van der Waals surface area contributed by atoms with Crippen LogP contribution < -0.4 is 16.0 Å². The maximum absolute atomic E-state index is 14.5. The molecule has 3 aromatic heterocycles. The first-order chi connectivity index (χ1) is 19.8. The molecule has 0 radical (unpaired) electrons. The van der Waals surface area contributed by atoms with Gasteiger partial charge >= 0.3 is 0 Å². The second-order valence-electron chi connectivity index (χ2n) is 10.9. The Morgan fingerprint density at radius 3 is 2.59 bits per heavy atom. The molecule has 10 heteroatoms. The zero-order valence-corrected chi connectivity index (χ0v) is 24.0. The lowest BCUT2D eigenvalue weighted by molar-refractivity contribution is 0.0960. The van der Waals surface area contributed by atoms with Crippen molar-refractivity contribution in [2.75, 3.05) is 44.4 Å². The van der Waals surface area contributed by atoms with E-state index in [1.807, 2.05) is 36.5 Å². The SMILES string of the molecule is CNC(=O)c1c(F)cnc2c(C(C)[C@H](C)CNc3cc(-c4ccc(NC5CCN(C)CC5)nc4)ncn3)cccc12. The Balaban J connectivity index is 1.24.